The molecule has 27 heavy (non-hydrogen) atoms. The zero-order valence-electron chi connectivity index (χ0n) is 13.9. The van der Waals surface area contributed by atoms with Crippen LogP contribution in [0, 0.1) is 17.5 Å². The van der Waals surface area contributed by atoms with Crippen LogP contribution < -0.4 is 0 Å². The fourth-order valence-corrected chi connectivity index (χ4v) is 3.92. The molecule has 0 amide bonds. The average Bonchev–Trinajstić information content (AvgIpc) is 2.99. The molecule has 1 aliphatic heterocycles. The van der Waals surface area contributed by atoms with Gasteiger partial charge in [0, 0.05) is 29.1 Å². The van der Waals surface area contributed by atoms with Crippen LogP contribution in [0.25, 0.3) is 16.7 Å². The van der Waals surface area contributed by atoms with Crippen LogP contribution in [0.4, 0.5) is 13.2 Å². The van der Waals surface area contributed by atoms with Crippen LogP contribution in [0.1, 0.15) is 18.4 Å². The number of alkyl halides is 1. The Morgan fingerprint density at radius 2 is 1.89 bits per heavy atom. The first-order valence-electron chi connectivity index (χ1n) is 7.99. The highest BCUT2D eigenvalue weighted by Gasteiger charge is 2.39. The third-order valence-corrected chi connectivity index (χ3v) is 5.15. The smallest absolute Gasteiger partial charge is 0.152 e. The van der Waals surface area contributed by atoms with Crippen molar-refractivity contribution in [3.8, 4) is 0 Å². The van der Waals surface area contributed by atoms with Crippen molar-refractivity contribution in [2.45, 2.75) is 17.8 Å². The second kappa shape index (κ2) is 6.39. The normalized spacial score (nSPS) is 22.3. The van der Waals surface area contributed by atoms with Gasteiger partial charge in [-0.25, -0.2) is 18.2 Å². The minimum absolute atomic E-state index is 0.105. The van der Waals surface area contributed by atoms with Crippen molar-refractivity contribution >= 4 is 46.1 Å². The summed E-state index contributed by atoms with van der Waals surface area (Å²) in [6.07, 6.45) is 4.54. The van der Waals surface area contributed by atoms with Gasteiger partial charge in [0.25, 0.3) is 0 Å². The van der Waals surface area contributed by atoms with E-state index < -0.39 is 28.4 Å². The minimum atomic E-state index is -1.15. The number of rotatable bonds is 2. The van der Waals surface area contributed by atoms with E-state index in [9.17, 15) is 13.2 Å². The van der Waals surface area contributed by atoms with Crippen molar-refractivity contribution in [2.24, 2.45) is 4.99 Å². The predicted molar refractivity (Wildman–Crippen MR) is 101 cm³/mol. The van der Waals surface area contributed by atoms with Crippen LogP contribution >= 0.6 is 23.2 Å². The molecule has 138 valence electrons. The maximum atomic E-state index is 14.5. The third-order valence-electron chi connectivity index (χ3n) is 4.51. The van der Waals surface area contributed by atoms with Gasteiger partial charge in [0.05, 0.1) is 11.4 Å². The van der Waals surface area contributed by atoms with Crippen molar-refractivity contribution in [3.05, 3.63) is 70.8 Å². The van der Waals surface area contributed by atoms with Crippen LogP contribution in [-0.4, -0.2) is 20.8 Å². The number of hydrogen-bond donors (Lipinski definition) is 0. The minimum Gasteiger partial charge on any atom is -0.299 e. The molecule has 0 spiro atoms. The van der Waals surface area contributed by atoms with Crippen LogP contribution in [0.3, 0.4) is 0 Å². The Morgan fingerprint density at radius 3 is 2.63 bits per heavy atom. The Kier molecular flexibility index (Phi) is 4.28. The summed E-state index contributed by atoms with van der Waals surface area (Å²) < 4.78 is 43.0. The molecule has 3 aromatic rings. The van der Waals surface area contributed by atoms with E-state index in [0.29, 0.717) is 11.3 Å². The third kappa shape index (κ3) is 3.03. The van der Waals surface area contributed by atoms with Gasteiger partial charge >= 0.3 is 0 Å². The summed E-state index contributed by atoms with van der Waals surface area (Å²) >= 11 is 12.9. The summed E-state index contributed by atoms with van der Waals surface area (Å²) in [5.74, 6) is -2.59. The number of aliphatic imine (C=N–C) groups is 1. The fourth-order valence-electron chi connectivity index (χ4n) is 3.36. The molecular formula is C19H12Cl2F3N3. The molecule has 0 radical (unpaired) electrons. The number of fused-ring (bicyclic) bond motifs is 1. The van der Waals surface area contributed by atoms with E-state index in [1.54, 1.807) is 13.0 Å². The molecule has 4 rings (SSSR count). The molecule has 0 N–H and O–H groups in total. The highest BCUT2D eigenvalue weighted by Crippen LogP contribution is 2.47. The number of hydrogen-bond acceptors (Lipinski definition) is 2. The molecule has 8 heteroatoms. The zero-order valence-corrected chi connectivity index (χ0v) is 15.4. The molecule has 0 aliphatic carbocycles. The Labute approximate surface area is 162 Å². The van der Waals surface area contributed by atoms with Gasteiger partial charge in [-0.05, 0) is 30.7 Å². The first kappa shape index (κ1) is 18.1. The lowest BCUT2D eigenvalue weighted by Gasteiger charge is -2.34. The largest absolute Gasteiger partial charge is 0.299 e. The quantitative estimate of drug-likeness (QED) is 0.390. The topological polar surface area (TPSA) is 30.2 Å². The lowest BCUT2D eigenvalue weighted by molar-refractivity contribution is 0.577. The van der Waals surface area contributed by atoms with Gasteiger partial charge in [-0.1, -0.05) is 29.3 Å². The highest BCUT2D eigenvalue weighted by molar-refractivity contribution is 6.32. The number of nitrogens with zero attached hydrogens (tertiary/aromatic N) is 3. The number of dihydropyridines is 1. The number of imidazole rings is 1. The summed E-state index contributed by atoms with van der Waals surface area (Å²) in [4.78, 5) is 7.22. The molecule has 2 aromatic carbocycles. The number of benzene rings is 2. The summed E-state index contributed by atoms with van der Waals surface area (Å²) in [6.45, 7) is 1.68. The van der Waals surface area contributed by atoms with Gasteiger partial charge in [-0.2, -0.15) is 0 Å². The molecule has 2 unspecified atom stereocenters. The van der Waals surface area contributed by atoms with Gasteiger partial charge in [0.15, 0.2) is 5.82 Å². The maximum absolute atomic E-state index is 14.5. The lowest BCUT2D eigenvalue weighted by Crippen LogP contribution is -2.30. The molecule has 0 saturated carbocycles. The Balaban J connectivity index is 1.95. The monoisotopic (exact) mass is 409 g/mol. The molecular weight excluding hydrogens is 398 g/mol. The predicted octanol–water partition coefficient (Wildman–Crippen LogP) is 5.77. The van der Waals surface area contributed by atoms with Gasteiger partial charge in [0.2, 0.25) is 0 Å². The fraction of sp³-hybridized carbons (Fsp3) is 0.158. The summed E-state index contributed by atoms with van der Waals surface area (Å²) in [7, 11) is 0. The molecule has 1 aromatic heterocycles. The van der Waals surface area contributed by atoms with E-state index >= 15 is 0 Å². The van der Waals surface area contributed by atoms with Crippen molar-refractivity contribution < 1.29 is 13.2 Å². The van der Waals surface area contributed by atoms with Crippen LogP contribution in [-0.2, 0) is 0 Å². The summed E-state index contributed by atoms with van der Waals surface area (Å²) in [6, 6.07) is 5.91. The molecule has 0 fully saturated rings. The van der Waals surface area contributed by atoms with E-state index in [2.05, 4.69) is 9.98 Å². The Morgan fingerprint density at radius 1 is 1.11 bits per heavy atom. The van der Waals surface area contributed by atoms with Crippen LogP contribution in [0.5, 0.6) is 0 Å². The van der Waals surface area contributed by atoms with Crippen molar-refractivity contribution in [2.75, 3.05) is 0 Å². The SMILES string of the molecule is CC1(Cl)N=CC=C(n2cnc3cc(F)cc(F)c32)C1c1ccc(F)cc1Cl. The van der Waals surface area contributed by atoms with Crippen LogP contribution in [0.2, 0.25) is 5.02 Å². The van der Waals surface area contributed by atoms with Gasteiger partial charge in [0.1, 0.15) is 28.5 Å². The van der Waals surface area contributed by atoms with Crippen molar-refractivity contribution in [3.63, 3.8) is 0 Å². The molecule has 1 aliphatic rings. The van der Waals surface area contributed by atoms with Crippen molar-refractivity contribution in [1.29, 1.82) is 0 Å². The average molecular weight is 410 g/mol. The highest BCUT2D eigenvalue weighted by atomic mass is 35.5. The second-order valence-corrected chi connectivity index (χ2v) is 7.53. The second-order valence-electron chi connectivity index (χ2n) is 6.36. The lowest BCUT2D eigenvalue weighted by atomic mass is 9.87. The van der Waals surface area contributed by atoms with Gasteiger partial charge < -0.3 is 0 Å². The van der Waals surface area contributed by atoms with E-state index in [4.69, 9.17) is 23.2 Å². The van der Waals surface area contributed by atoms with E-state index in [1.165, 1.54) is 35.3 Å². The summed E-state index contributed by atoms with van der Waals surface area (Å²) in [5, 5.41) is 0.172. The van der Waals surface area contributed by atoms with Crippen LogP contribution in [0.15, 0.2) is 47.7 Å². The molecule has 3 nitrogen and oxygen atoms in total. The van der Waals surface area contributed by atoms with E-state index in [0.717, 1.165) is 12.1 Å². The summed E-state index contributed by atoms with van der Waals surface area (Å²) in [5.41, 5.74) is 1.33. The molecule has 2 atom stereocenters. The van der Waals surface area contributed by atoms with Crippen molar-refractivity contribution in [1.82, 2.24) is 9.55 Å². The number of aromatic nitrogens is 2. The van der Waals surface area contributed by atoms with E-state index in [-0.39, 0.29) is 16.1 Å². The maximum Gasteiger partial charge on any atom is 0.152 e. The first-order valence-corrected chi connectivity index (χ1v) is 8.75. The standard InChI is InChI=1S/C19H12Cl2F3N3/c1-19(21)17(12-3-2-10(22)6-13(12)20)16(4-5-26-19)27-9-25-15-8-11(23)7-14(24)18(15)27/h2-9,17H,1H3. The van der Waals surface area contributed by atoms with Gasteiger partial charge in [-0.15, -0.1) is 0 Å². The Bertz CT molecular complexity index is 1120. The Hall–Kier alpha value is -2.31. The first-order chi connectivity index (χ1) is 12.8. The van der Waals surface area contributed by atoms with E-state index in [1.807, 2.05) is 0 Å². The number of allylic oxidation sites excluding steroid dienone is 1. The number of halogens is 5. The van der Waals surface area contributed by atoms with Gasteiger partial charge in [-0.3, -0.25) is 9.56 Å². The molecule has 0 saturated heterocycles. The molecule has 2 heterocycles. The molecule has 0 bridgehead atoms. The zero-order chi connectivity index (χ0) is 19.3.